The highest BCUT2D eigenvalue weighted by atomic mass is 15.3. The third kappa shape index (κ3) is 6.25. The summed E-state index contributed by atoms with van der Waals surface area (Å²) in [6.45, 7) is 13.1. The van der Waals surface area contributed by atoms with Crippen LogP contribution in [0, 0.1) is 0 Å². The van der Waals surface area contributed by atoms with Crippen molar-refractivity contribution >= 4 is 11.5 Å². The van der Waals surface area contributed by atoms with Crippen molar-refractivity contribution in [3.63, 3.8) is 0 Å². The molecule has 200 valence electrons. The Labute approximate surface area is 227 Å². The summed E-state index contributed by atoms with van der Waals surface area (Å²) < 4.78 is 1.92. The van der Waals surface area contributed by atoms with Crippen molar-refractivity contribution in [3.05, 3.63) is 95.8 Å². The highest BCUT2D eigenvalue weighted by Gasteiger charge is 2.26. The Morgan fingerprint density at radius 3 is 2.16 bits per heavy atom. The summed E-state index contributed by atoms with van der Waals surface area (Å²) in [5, 5.41) is 8.29. The Morgan fingerprint density at radius 2 is 1.53 bits per heavy atom. The Balaban J connectivity index is 1.11. The van der Waals surface area contributed by atoms with Crippen LogP contribution in [-0.4, -0.2) is 63.7 Å². The van der Waals surface area contributed by atoms with E-state index in [2.05, 4.69) is 109 Å². The molecule has 2 aromatic heterocycles. The Morgan fingerprint density at radius 1 is 0.868 bits per heavy atom. The van der Waals surface area contributed by atoms with Gasteiger partial charge in [0.25, 0.3) is 0 Å². The van der Waals surface area contributed by atoms with Crippen molar-refractivity contribution in [2.45, 2.75) is 51.5 Å². The minimum Gasteiger partial charge on any atom is -0.369 e. The zero-order chi connectivity index (χ0) is 26.4. The van der Waals surface area contributed by atoms with Gasteiger partial charge in [0, 0.05) is 38.1 Å². The fraction of sp³-hybridized carbons (Fsp3) is 0.438. The van der Waals surface area contributed by atoms with Crippen molar-refractivity contribution in [2.24, 2.45) is 0 Å². The van der Waals surface area contributed by atoms with Crippen LogP contribution in [0.5, 0.6) is 0 Å². The fourth-order valence-electron chi connectivity index (χ4n) is 5.70. The summed E-state index contributed by atoms with van der Waals surface area (Å²) in [4.78, 5) is 10.1. The molecule has 1 saturated heterocycles. The first-order chi connectivity index (χ1) is 18.5. The van der Waals surface area contributed by atoms with Gasteiger partial charge in [-0.1, -0.05) is 87.9 Å². The number of benzene rings is 2. The quantitative estimate of drug-likeness (QED) is 0.250. The number of hydrogen-bond acceptors (Lipinski definition) is 5. The second kappa shape index (κ2) is 12.1. The van der Waals surface area contributed by atoms with Crippen molar-refractivity contribution < 1.29 is 0 Å². The van der Waals surface area contributed by atoms with Crippen LogP contribution < -0.4 is 5.32 Å². The van der Waals surface area contributed by atoms with Crippen molar-refractivity contribution in [3.8, 4) is 0 Å². The van der Waals surface area contributed by atoms with Gasteiger partial charge in [-0.15, -0.1) is 5.10 Å². The molecule has 0 unspecified atom stereocenters. The van der Waals surface area contributed by atoms with Gasteiger partial charge in [0.15, 0.2) is 5.65 Å². The molecule has 6 nitrogen and oxygen atoms in total. The minimum absolute atomic E-state index is 0.0717. The second-order valence-electron chi connectivity index (χ2n) is 11.2. The van der Waals surface area contributed by atoms with E-state index in [0.29, 0.717) is 6.04 Å². The average molecular weight is 511 g/mol. The lowest BCUT2D eigenvalue weighted by molar-refractivity contribution is 0.109. The molecule has 6 heteroatoms. The van der Waals surface area contributed by atoms with E-state index in [0.717, 1.165) is 75.7 Å². The average Bonchev–Trinajstić information content (AvgIpc) is 3.38. The van der Waals surface area contributed by atoms with Crippen LogP contribution in [0.3, 0.4) is 0 Å². The normalized spacial score (nSPS) is 15.4. The predicted molar refractivity (Wildman–Crippen MR) is 157 cm³/mol. The van der Waals surface area contributed by atoms with Crippen LogP contribution in [0.15, 0.2) is 79.0 Å². The molecule has 0 aliphatic carbocycles. The number of nitrogens with one attached hydrogen (secondary N) is 1. The lowest BCUT2D eigenvalue weighted by atomic mass is 9.85. The molecule has 5 rings (SSSR count). The van der Waals surface area contributed by atoms with Gasteiger partial charge < -0.3 is 10.2 Å². The molecule has 3 heterocycles. The Hall–Kier alpha value is -3.22. The van der Waals surface area contributed by atoms with Crippen LogP contribution in [0.4, 0.5) is 5.82 Å². The van der Waals surface area contributed by atoms with E-state index >= 15 is 0 Å². The maximum absolute atomic E-state index is 4.82. The first kappa shape index (κ1) is 26.4. The topological polar surface area (TPSA) is 48.7 Å². The maximum atomic E-state index is 4.82. The van der Waals surface area contributed by atoms with Gasteiger partial charge in [0.05, 0.1) is 17.9 Å². The third-order valence-electron chi connectivity index (χ3n) is 7.85. The van der Waals surface area contributed by atoms with Gasteiger partial charge in [0.1, 0.15) is 5.82 Å². The summed E-state index contributed by atoms with van der Waals surface area (Å²) >= 11 is 0. The van der Waals surface area contributed by atoms with Gasteiger partial charge in [0.2, 0.25) is 0 Å². The van der Waals surface area contributed by atoms with E-state index in [1.807, 2.05) is 10.6 Å². The number of imidazole rings is 1. The third-order valence-corrected chi connectivity index (χ3v) is 7.85. The van der Waals surface area contributed by atoms with Gasteiger partial charge in [-0.3, -0.25) is 4.90 Å². The summed E-state index contributed by atoms with van der Waals surface area (Å²) in [5.41, 5.74) is 4.85. The highest BCUT2D eigenvalue weighted by molar-refractivity contribution is 5.46. The van der Waals surface area contributed by atoms with Gasteiger partial charge in [-0.25, -0.2) is 9.50 Å². The maximum Gasteiger partial charge on any atom is 0.153 e. The van der Waals surface area contributed by atoms with Gasteiger partial charge in [-0.2, -0.15) is 0 Å². The number of aromatic nitrogens is 3. The molecule has 38 heavy (non-hydrogen) atoms. The first-order valence-electron chi connectivity index (χ1n) is 14.2. The van der Waals surface area contributed by atoms with E-state index in [1.54, 1.807) is 0 Å². The van der Waals surface area contributed by atoms with E-state index in [-0.39, 0.29) is 5.41 Å². The molecule has 0 bridgehead atoms. The van der Waals surface area contributed by atoms with Crippen LogP contribution in [0.2, 0.25) is 0 Å². The van der Waals surface area contributed by atoms with Gasteiger partial charge >= 0.3 is 0 Å². The van der Waals surface area contributed by atoms with Crippen molar-refractivity contribution in [1.82, 2.24) is 24.4 Å². The summed E-state index contributed by atoms with van der Waals surface area (Å²) in [5.74, 6) is 0.910. The monoisotopic (exact) mass is 510 g/mol. The molecule has 0 spiro atoms. The molecule has 0 saturated carbocycles. The molecular weight excluding hydrogens is 468 g/mol. The van der Waals surface area contributed by atoms with E-state index in [4.69, 9.17) is 10.1 Å². The smallest absolute Gasteiger partial charge is 0.153 e. The van der Waals surface area contributed by atoms with Gasteiger partial charge in [-0.05, 0) is 42.6 Å². The number of piperazine rings is 1. The molecule has 0 radical (unpaired) electrons. The molecule has 0 amide bonds. The number of rotatable bonds is 11. The molecule has 4 aromatic rings. The van der Waals surface area contributed by atoms with E-state index < -0.39 is 0 Å². The lowest BCUT2D eigenvalue weighted by Crippen LogP contribution is -2.48. The van der Waals surface area contributed by atoms with Crippen LogP contribution in [0.25, 0.3) is 5.65 Å². The molecule has 0 atom stereocenters. The second-order valence-corrected chi connectivity index (χ2v) is 11.2. The number of fused-ring (bicyclic) bond motifs is 1. The van der Waals surface area contributed by atoms with Crippen LogP contribution in [0.1, 0.15) is 62.9 Å². The number of nitrogens with zero attached hydrogens (tertiary/aromatic N) is 5. The van der Waals surface area contributed by atoms with E-state index in [1.165, 1.54) is 11.1 Å². The molecule has 1 N–H and O–H groups in total. The summed E-state index contributed by atoms with van der Waals surface area (Å²) in [7, 11) is 0. The highest BCUT2D eigenvalue weighted by Crippen LogP contribution is 2.30. The van der Waals surface area contributed by atoms with Crippen LogP contribution >= 0.6 is 0 Å². The molecule has 1 aliphatic rings. The minimum atomic E-state index is 0.0717. The fourth-order valence-corrected chi connectivity index (χ4v) is 5.70. The summed E-state index contributed by atoms with van der Waals surface area (Å²) in [6, 6.07) is 26.3. The molecule has 1 fully saturated rings. The van der Waals surface area contributed by atoms with Crippen LogP contribution in [-0.2, 0) is 5.41 Å². The SMILES string of the molecule is CCCC(C)(C)c1cn2nc(NCCCN3CCN(C(c4ccccc4)c4ccccc4)CC3)ccc2n1. The standard InChI is InChI=1S/C32H42N6/c1-4-18-32(2,3)28-25-38-30(34-28)17-16-29(35-38)33-19-11-20-36-21-23-37(24-22-36)31(26-12-7-5-8-13-26)27-14-9-6-10-15-27/h5-10,12-17,25,31H,4,11,18-24H2,1-3H3,(H,33,35). The zero-order valence-electron chi connectivity index (χ0n) is 23.2. The number of hydrogen-bond donors (Lipinski definition) is 1. The van der Waals surface area contributed by atoms with E-state index in [9.17, 15) is 0 Å². The summed E-state index contributed by atoms with van der Waals surface area (Å²) in [6.07, 6.45) is 5.46. The van der Waals surface area contributed by atoms with Crippen molar-refractivity contribution in [1.29, 1.82) is 0 Å². The largest absolute Gasteiger partial charge is 0.369 e. The molecule has 2 aromatic carbocycles. The Kier molecular flexibility index (Phi) is 8.40. The number of anilines is 1. The first-order valence-corrected chi connectivity index (χ1v) is 14.2. The molecule has 1 aliphatic heterocycles. The predicted octanol–water partition coefficient (Wildman–Crippen LogP) is 6.02. The molecular formula is C32H42N6. The zero-order valence-corrected chi connectivity index (χ0v) is 23.2. The Bertz CT molecular complexity index is 1240. The van der Waals surface area contributed by atoms with Crippen molar-refractivity contribution in [2.75, 3.05) is 44.6 Å². The lowest BCUT2D eigenvalue weighted by Gasteiger charge is -2.39.